The Bertz CT molecular complexity index is 721. The third-order valence-electron chi connectivity index (χ3n) is 4.24. The first kappa shape index (κ1) is 18.8. The molecule has 1 aromatic carbocycles. The number of hydrogen-bond donors (Lipinski definition) is 1. The molecule has 2 heterocycles. The van der Waals surface area contributed by atoms with Gasteiger partial charge in [0.05, 0.1) is 17.6 Å². The molecule has 0 bridgehead atoms. The quantitative estimate of drug-likeness (QED) is 0.757. The summed E-state index contributed by atoms with van der Waals surface area (Å²) in [4.78, 5) is 12.2. The Balaban J connectivity index is 1.44. The van der Waals surface area contributed by atoms with E-state index in [4.69, 9.17) is 14.0 Å². The number of nitrogens with one attached hydrogen (secondary N) is 1. The molecule has 6 nitrogen and oxygen atoms in total. The number of aryl methyl sites for hydroxylation is 2. The average Bonchev–Trinajstić information content (AvgIpc) is 3.25. The fourth-order valence-corrected chi connectivity index (χ4v) is 3.76. The Labute approximate surface area is 157 Å². The van der Waals surface area contributed by atoms with Crippen molar-refractivity contribution in [3.63, 3.8) is 0 Å². The lowest BCUT2D eigenvalue weighted by molar-refractivity contribution is -0.113. The van der Waals surface area contributed by atoms with Gasteiger partial charge in [-0.3, -0.25) is 4.79 Å². The number of carbonyl (C=O) groups excluding carboxylic acids is 1. The lowest BCUT2D eigenvalue weighted by atomic mass is 10.2. The van der Waals surface area contributed by atoms with Crippen LogP contribution in [0, 0.1) is 13.8 Å². The lowest BCUT2D eigenvalue weighted by Gasteiger charge is -2.12. The van der Waals surface area contributed by atoms with E-state index in [1.807, 2.05) is 38.1 Å². The van der Waals surface area contributed by atoms with Crippen LogP contribution in [0.4, 0.5) is 5.69 Å². The van der Waals surface area contributed by atoms with Crippen LogP contribution in [0.15, 0.2) is 28.8 Å². The summed E-state index contributed by atoms with van der Waals surface area (Å²) in [5, 5.41) is 6.84. The van der Waals surface area contributed by atoms with E-state index in [-0.39, 0.29) is 12.0 Å². The van der Waals surface area contributed by atoms with Crippen LogP contribution in [-0.4, -0.2) is 36.1 Å². The van der Waals surface area contributed by atoms with E-state index in [1.165, 1.54) is 11.8 Å². The van der Waals surface area contributed by atoms with Gasteiger partial charge in [0.2, 0.25) is 5.91 Å². The Morgan fingerprint density at radius 1 is 1.42 bits per heavy atom. The van der Waals surface area contributed by atoms with E-state index in [0.717, 1.165) is 47.9 Å². The van der Waals surface area contributed by atoms with Crippen LogP contribution < -0.4 is 10.1 Å². The minimum atomic E-state index is -0.0435. The maximum absolute atomic E-state index is 12.2. The van der Waals surface area contributed by atoms with Gasteiger partial charge in [0.15, 0.2) is 0 Å². The van der Waals surface area contributed by atoms with Gasteiger partial charge in [-0.15, -0.1) is 11.8 Å². The fourth-order valence-electron chi connectivity index (χ4n) is 2.78. The molecule has 1 unspecified atom stereocenters. The molecule has 1 atom stereocenters. The second kappa shape index (κ2) is 9.09. The molecule has 1 aromatic heterocycles. The van der Waals surface area contributed by atoms with Crippen molar-refractivity contribution in [2.24, 2.45) is 0 Å². The predicted octanol–water partition coefficient (Wildman–Crippen LogP) is 3.72. The Morgan fingerprint density at radius 2 is 2.31 bits per heavy atom. The largest absolute Gasteiger partial charge is 0.491 e. The van der Waals surface area contributed by atoms with Crippen LogP contribution in [0.5, 0.6) is 5.75 Å². The molecular formula is C19H24N2O4S. The number of ether oxygens (including phenoxy) is 2. The zero-order valence-corrected chi connectivity index (χ0v) is 15.9. The van der Waals surface area contributed by atoms with Crippen molar-refractivity contribution in [1.29, 1.82) is 0 Å². The van der Waals surface area contributed by atoms with E-state index in [9.17, 15) is 4.79 Å². The van der Waals surface area contributed by atoms with Gasteiger partial charge in [0, 0.05) is 29.7 Å². The van der Waals surface area contributed by atoms with Crippen molar-refractivity contribution in [3.05, 3.63) is 41.3 Å². The van der Waals surface area contributed by atoms with Crippen molar-refractivity contribution in [2.45, 2.75) is 38.5 Å². The van der Waals surface area contributed by atoms with Crippen LogP contribution in [-0.2, 0) is 15.3 Å². The van der Waals surface area contributed by atoms with Gasteiger partial charge in [-0.2, -0.15) is 0 Å². The van der Waals surface area contributed by atoms with E-state index < -0.39 is 0 Å². The fraction of sp³-hybridized carbons (Fsp3) is 0.474. The second-order valence-electron chi connectivity index (χ2n) is 6.32. The van der Waals surface area contributed by atoms with E-state index in [2.05, 4.69) is 10.5 Å². The zero-order valence-electron chi connectivity index (χ0n) is 15.1. The highest BCUT2D eigenvalue weighted by atomic mass is 32.2. The molecule has 0 spiro atoms. The van der Waals surface area contributed by atoms with E-state index in [1.54, 1.807) is 0 Å². The molecule has 2 aromatic rings. The van der Waals surface area contributed by atoms with Crippen molar-refractivity contribution in [3.8, 4) is 5.75 Å². The van der Waals surface area contributed by atoms with Gasteiger partial charge in [0.25, 0.3) is 0 Å². The second-order valence-corrected chi connectivity index (χ2v) is 7.30. The normalized spacial score (nSPS) is 16.6. The third kappa shape index (κ3) is 5.25. The van der Waals surface area contributed by atoms with Gasteiger partial charge < -0.3 is 19.3 Å². The van der Waals surface area contributed by atoms with Crippen molar-refractivity contribution < 1.29 is 18.8 Å². The highest BCUT2D eigenvalue weighted by Crippen LogP contribution is 2.21. The maximum Gasteiger partial charge on any atom is 0.234 e. The summed E-state index contributed by atoms with van der Waals surface area (Å²) in [6.07, 6.45) is 2.31. The van der Waals surface area contributed by atoms with Crippen LogP contribution in [0.3, 0.4) is 0 Å². The van der Waals surface area contributed by atoms with E-state index >= 15 is 0 Å². The molecule has 7 heteroatoms. The molecule has 1 aliphatic heterocycles. The van der Waals surface area contributed by atoms with E-state index in [0.29, 0.717) is 18.1 Å². The Morgan fingerprint density at radius 3 is 3.04 bits per heavy atom. The molecule has 0 saturated carbocycles. The summed E-state index contributed by atoms with van der Waals surface area (Å²) in [6.45, 7) is 5.16. The van der Waals surface area contributed by atoms with Crippen molar-refractivity contribution >= 4 is 23.4 Å². The maximum atomic E-state index is 12.2. The summed E-state index contributed by atoms with van der Waals surface area (Å²) in [5.74, 6) is 2.58. The first-order chi connectivity index (χ1) is 12.6. The summed E-state index contributed by atoms with van der Waals surface area (Å²) >= 11 is 1.54. The molecule has 3 rings (SSSR count). The first-order valence-corrected chi connectivity index (χ1v) is 9.91. The molecule has 26 heavy (non-hydrogen) atoms. The third-order valence-corrected chi connectivity index (χ3v) is 5.20. The van der Waals surface area contributed by atoms with Crippen LogP contribution in [0.1, 0.15) is 29.9 Å². The number of aromatic nitrogens is 1. The van der Waals surface area contributed by atoms with Crippen LogP contribution in [0.25, 0.3) is 0 Å². The van der Waals surface area contributed by atoms with Gasteiger partial charge in [-0.1, -0.05) is 11.2 Å². The summed E-state index contributed by atoms with van der Waals surface area (Å²) in [5.41, 5.74) is 2.68. The van der Waals surface area contributed by atoms with Crippen molar-refractivity contribution in [2.75, 3.05) is 24.3 Å². The number of rotatable bonds is 8. The molecule has 1 amide bonds. The number of benzene rings is 1. The number of carbonyl (C=O) groups is 1. The minimum absolute atomic E-state index is 0.0435. The SMILES string of the molecule is Cc1noc(C)c1CSCC(=O)Nc1cccc(OCC2CCCO2)c1. The molecular weight excluding hydrogens is 352 g/mol. The Kier molecular flexibility index (Phi) is 6.57. The van der Waals surface area contributed by atoms with Gasteiger partial charge >= 0.3 is 0 Å². The standard InChI is InChI=1S/C19H24N2O4S/c1-13-18(14(2)25-21-13)11-26-12-19(22)20-15-5-3-6-16(9-15)24-10-17-7-4-8-23-17/h3,5-6,9,17H,4,7-8,10-12H2,1-2H3,(H,20,22). The monoisotopic (exact) mass is 376 g/mol. The first-order valence-electron chi connectivity index (χ1n) is 8.75. The number of thioether (sulfide) groups is 1. The minimum Gasteiger partial charge on any atom is -0.491 e. The van der Waals surface area contributed by atoms with Crippen molar-refractivity contribution in [1.82, 2.24) is 5.16 Å². The van der Waals surface area contributed by atoms with Crippen LogP contribution >= 0.6 is 11.8 Å². The molecule has 1 aliphatic rings. The zero-order chi connectivity index (χ0) is 18.4. The highest BCUT2D eigenvalue weighted by Gasteiger charge is 2.16. The highest BCUT2D eigenvalue weighted by molar-refractivity contribution is 7.99. The van der Waals surface area contributed by atoms with Gasteiger partial charge in [0.1, 0.15) is 18.1 Å². The molecule has 0 radical (unpaired) electrons. The summed E-state index contributed by atoms with van der Waals surface area (Å²) in [7, 11) is 0. The molecule has 1 saturated heterocycles. The molecule has 0 aliphatic carbocycles. The summed E-state index contributed by atoms with van der Waals surface area (Å²) < 4.78 is 16.5. The molecule has 1 N–H and O–H groups in total. The van der Waals surface area contributed by atoms with Gasteiger partial charge in [-0.25, -0.2) is 0 Å². The number of nitrogens with zero attached hydrogens (tertiary/aromatic N) is 1. The topological polar surface area (TPSA) is 73.6 Å². The van der Waals surface area contributed by atoms with Gasteiger partial charge in [-0.05, 0) is 38.8 Å². The Hall–Kier alpha value is -1.99. The van der Waals surface area contributed by atoms with Crippen LogP contribution in [0.2, 0.25) is 0 Å². The summed E-state index contributed by atoms with van der Waals surface area (Å²) in [6, 6.07) is 7.45. The predicted molar refractivity (Wildman–Crippen MR) is 102 cm³/mol. The molecule has 1 fully saturated rings. The molecule has 140 valence electrons. The average molecular weight is 376 g/mol. The lowest BCUT2D eigenvalue weighted by Crippen LogP contribution is -2.17. The smallest absolute Gasteiger partial charge is 0.234 e. The number of amides is 1. The number of anilines is 1. The number of hydrogen-bond acceptors (Lipinski definition) is 6.